The molecule has 18 heavy (non-hydrogen) atoms. The molecule has 0 spiro atoms. The van der Waals surface area contributed by atoms with Crippen molar-refractivity contribution in [3.63, 3.8) is 0 Å². The van der Waals surface area contributed by atoms with Crippen molar-refractivity contribution in [3.05, 3.63) is 18.2 Å². The third-order valence-corrected chi connectivity index (χ3v) is 4.19. The maximum atomic E-state index is 5.58. The van der Waals surface area contributed by atoms with Gasteiger partial charge in [0.25, 0.3) is 0 Å². The van der Waals surface area contributed by atoms with Crippen LogP contribution in [0.3, 0.4) is 0 Å². The first-order chi connectivity index (χ1) is 8.92. The Balaban J connectivity index is 1.43. The summed E-state index contributed by atoms with van der Waals surface area (Å²) < 4.78 is 11.1. The van der Waals surface area contributed by atoms with Crippen molar-refractivity contribution >= 4 is 11.8 Å². The van der Waals surface area contributed by atoms with Crippen molar-refractivity contribution < 1.29 is 9.47 Å². The zero-order valence-electron chi connectivity index (χ0n) is 10.5. The second kappa shape index (κ2) is 5.85. The molecule has 0 atom stereocenters. The Bertz CT molecular complexity index is 407. The predicted molar refractivity (Wildman–Crippen MR) is 73.7 cm³/mol. The molecule has 0 aromatic heterocycles. The van der Waals surface area contributed by atoms with Gasteiger partial charge in [-0.05, 0) is 43.5 Å². The van der Waals surface area contributed by atoms with Gasteiger partial charge in [-0.25, -0.2) is 0 Å². The van der Waals surface area contributed by atoms with Crippen molar-refractivity contribution in [2.24, 2.45) is 5.92 Å². The second-order valence-electron chi connectivity index (χ2n) is 4.80. The van der Waals surface area contributed by atoms with Crippen LogP contribution in [0.5, 0.6) is 11.5 Å². The largest absolute Gasteiger partial charge is 0.486 e. The number of fused-ring (bicyclic) bond motifs is 1. The van der Waals surface area contributed by atoms with Gasteiger partial charge < -0.3 is 14.8 Å². The summed E-state index contributed by atoms with van der Waals surface area (Å²) in [6.45, 7) is 3.59. The molecule has 98 valence electrons. The summed E-state index contributed by atoms with van der Waals surface area (Å²) in [5.74, 6) is 3.82. The highest BCUT2D eigenvalue weighted by molar-refractivity contribution is 7.99. The van der Waals surface area contributed by atoms with Crippen molar-refractivity contribution in [1.82, 2.24) is 5.32 Å². The Labute approximate surface area is 112 Å². The fourth-order valence-corrected chi connectivity index (χ4v) is 2.82. The van der Waals surface area contributed by atoms with E-state index in [-0.39, 0.29) is 0 Å². The molecular formula is C14H19NO2S. The molecule has 3 nitrogen and oxygen atoms in total. The molecule has 0 saturated heterocycles. The maximum Gasteiger partial charge on any atom is 0.162 e. The fourth-order valence-electron chi connectivity index (χ4n) is 1.98. The highest BCUT2D eigenvalue weighted by Crippen LogP contribution is 2.34. The Morgan fingerprint density at radius 1 is 1.17 bits per heavy atom. The zero-order chi connectivity index (χ0) is 12.2. The van der Waals surface area contributed by atoms with Crippen LogP contribution in [0.1, 0.15) is 12.8 Å². The van der Waals surface area contributed by atoms with E-state index in [0.717, 1.165) is 29.7 Å². The molecule has 1 aromatic carbocycles. The van der Waals surface area contributed by atoms with E-state index in [0.29, 0.717) is 13.2 Å². The van der Waals surface area contributed by atoms with Crippen LogP contribution in [0.2, 0.25) is 0 Å². The Morgan fingerprint density at radius 3 is 2.83 bits per heavy atom. The maximum absolute atomic E-state index is 5.58. The van der Waals surface area contributed by atoms with Crippen LogP contribution < -0.4 is 14.8 Å². The number of ether oxygens (including phenoxy) is 2. The van der Waals surface area contributed by atoms with Crippen LogP contribution in [0.15, 0.2) is 23.1 Å². The van der Waals surface area contributed by atoms with Crippen LogP contribution in [0.4, 0.5) is 0 Å². The molecule has 0 bridgehead atoms. The zero-order valence-corrected chi connectivity index (χ0v) is 11.3. The van der Waals surface area contributed by atoms with Crippen molar-refractivity contribution in [3.8, 4) is 11.5 Å². The van der Waals surface area contributed by atoms with Gasteiger partial charge in [-0.1, -0.05) is 0 Å². The van der Waals surface area contributed by atoms with E-state index < -0.39 is 0 Å². The molecule has 1 aliphatic carbocycles. The average Bonchev–Trinajstić information content (AvgIpc) is 3.22. The molecular weight excluding hydrogens is 246 g/mol. The topological polar surface area (TPSA) is 30.5 Å². The van der Waals surface area contributed by atoms with Crippen molar-refractivity contribution in [2.75, 3.05) is 32.1 Å². The number of nitrogens with one attached hydrogen (secondary N) is 1. The lowest BCUT2D eigenvalue weighted by Crippen LogP contribution is -2.19. The highest BCUT2D eigenvalue weighted by Gasteiger charge is 2.19. The fraction of sp³-hybridized carbons (Fsp3) is 0.571. The van der Waals surface area contributed by atoms with Crippen molar-refractivity contribution in [2.45, 2.75) is 17.7 Å². The van der Waals surface area contributed by atoms with Gasteiger partial charge >= 0.3 is 0 Å². The Hall–Kier alpha value is -0.870. The van der Waals surface area contributed by atoms with E-state index in [1.54, 1.807) is 0 Å². The quantitative estimate of drug-likeness (QED) is 0.632. The van der Waals surface area contributed by atoms with E-state index in [2.05, 4.69) is 17.4 Å². The Morgan fingerprint density at radius 2 is 2.00 bits per heavy atom. The van der Waals surface area contributed by atoms with Gasteiger partial charge in [0.15, 0.2) is 11.5 Å². The molecule has 1 heterocycles. The minimum atomic E-state index is 0.657. The number of rotatable bonds is 6. The predicted octanol–water partition coefficient (Wildman–Crippen LogP) is 2.55. The van der Waals surface area contributed by atoms with Gasteiger partial charge in [-0.2, -0.15) is 0 Å². The second-order valence-corrected chi connectivity index (χ2v) is 5.97. The van der Waals surface area contributed by atoms with Crippen LogP contribution in [0.25, 0.3) is 0 Å². The molecule has 0 radical (unpaired) electrons. The van der Waals surface area contributed by atoms with Gasteiger partial charge in [0.05, 0.1) is 0 Å². The summed E-state index contributed by atoms with van der Waals surface area (Å²) in [6.07, 6.45) is 2.84. The lowest BCUT2D eigenvalue weighted by molar-refractivity contribution is 0.171. The number of thioether (sulfide) groups is 1. The minimum absolute atomic E-state index is 0.657. The van der Waals surface area contributed by atoms with Crippen LogP contribution in [-0.2, 0) is 0 Å². The summed E-state index contributed by atoms with van der Waals surface area (Å²) in [5.41, 5.74) is 0. The molecule has 0 amide bonds. The first-order valence-corrected chi connectivity index (χ1v) is 7.63. The average molecular weight is 265 g/mol. The molecule has 0 unspecified atom stereocenters. The monoisotopic (exact) mass is 265 g/mol. The first-order valence-electron chi connectivity index (χ1n) is 6.65. The van der Waals surface area contributed by atoms with E-state index in [1.807, 2.05) is 17.8 Å². The smallest absolute Gasteiger partial charge is 0.162 e. The van der Waals surface area contributed by atoms with E-state index >= 15 is 0 Å². The van der Waals surface area contributed by atoms with Gasteiger partial charge in [0.1, 0.15) is 13.2 Å². The number of hydrogen-bond donors (Lipinski definition) is 1. The standard InChI is InChI=1S/C14H19NO2S/c1-2-11(1)10-15-5-8-18-12-3-4-13-14(9-12)17-7-6-16-13/h3-4,9,11,15H,1-2,5-8,10H2. The Kier molecular flexibility index (Phi) is 3.96. The van der Waals surface area contributed by atoms with Gasteiger partial charge in [0.2, 0.25) is 0 Å². The van der Waals surface area contributed by atoms with E-state index in [1.165, 1.54) is 24.3 Å². The molecule has 1 N–H and O–H groups in total. The third kappa shape index (κ3) is 3.33. The summed E-state index contributed by atoms with van der Waals surface area (Å²) in [7, 11) is 0. The lowest BCUT2D eigenvalue weighted by Gasteiger charge is -2.18. The SMILES string of the molecule is c1cc2c(cc1SCCNCC1CC1)OCCO2. The third-order valence-electron chi connectivity index (χ3n) is 3.19. The summed E-state index contributed by atoms with van der Waals surface area (Å²) in [6, 6.07) is 6.20. The summed E-state index contributed by atoms with van der Waals surface area (Å²) in [4.78, 5) is 1.26. The van der Waals surface area contributed by atoms with E-state index in [9.17, 15) is 0 Å². The van der Waals surface area contributed by atoms with Gasteiger partial charge in [0, 0.05) is 17.2 Å². The highest BCUT2D eigenvalue weighted by atomic mass is 32.2. The van der Waals surface area contributed by atoms with E-state index in [4.69, 9.17) is 9.47 Å². The molecule has 1 fully saturated rings. The molecule has 1 aromatic rings. The normalized spacial score (nSPS) is 17.8. The molecule has 3 rings (SSSR count). The molecule has 1 aliphatic heterocycles. The van der Waals surface area contributed by atoms with Crippen molar-refractivity contribution in [1.29, 1.82) is 0 Å². The first kappa shape index (κ1) is 12.2. The molecule has 2 aliphatic rings. The lowest BCUT2D eigenvalue weighted by atomic mass is 10.3. The van der Waals surface area contributed by atoms with Crippen LogP contribution in [0, 0.1) is 5.92 Å². The number of benzene rings is 1. The van der Waals surface area contributed by atoms with Crippen LogP contribution >= 0.6 is 11.8 Å². The van der Waals surface area contributed by atoms with Crippen LogP contribution in [-0.4, -0.2) is 32.1 Å². The van der Waals surface area contributed by atoms with Gasteiger partial charge in [-0.15, -0.1) is 11.8 Å². The molecule has 4 heteroatoms. The minimum Gasteiger partial charge on any atom is -0.486 e. The summed E-state index contributed by atoms with van der Waals surface area (Å²) in [5, 5.41) is 3.50. The summed E-state index contributed by atoms with van der Waals surface area (Å²) >= 11 is 1.87. The number of hydrogen-bond acceptors (Lipinski definition) is 4. The molecule has 1 saturated carbocycles. The van der Waals surface area contributed by atoms with Gasteiger partial charge in [-0.3, -0.25) is 0 Å².